The zero-order chi connectivity index (χ0) is 21.5. The van der Waals surface area contributed by atoms with E-state index >= 15 is 0 Å². The third-order valence-electron chi connectivity index (χ3n) is 4.93. The summed E-state index contributed by atoms with van der Waals surface area (Å²) in [7, 11) is 0. The molecule has 5 rings (SSSR count). The Morgan fingerprint density at radius 3 is 2.32 bits per heavy atom. The van der Waals surface area contributed by atoms with Crippen molar-refractivity contribution in [3.8, 4) is 5.69 Å². The van der Waals surface area contributed by atoms with E-state index in [9.17, 15) is 0 Å². The lowest BCUT2D eigenvalue weighted by Gasteiger charge is -2.18. The van der Waals surface area contributed by atoms with Gasteiger partial charge in [-0.25, -0.2) is 9.99 Å². The van der Waals surface area contributed by atoms with Crippen LogP contribution in [0.4, 0.5) is 5.95 Å². The van der Waals surface area contributed by atoms with Gasteiger partial charge in [0.15, 0.2) is 0 Å². The van der Waals surface area contributed by atoms with Gasteiger partial charge in [0.05, 0.1) is 12.2 Å². The van der Waals surface area contributed by atoms with E-state index in [1.807, 2.05) is 60.0 Å². The van der Waals surface area contributed by atoms with E-state index in [1.54, 1.807) is 17.1 Å². The fraction of sp³-hybridized carbons (Fsp3) is 0.0909. The number of hydrogen-bond acceptors (Lipinski definition) is 5. The smallest absolute Gasteiger partial charge is 0.252 e. The van der Waals surface area contributed by atoms with Crippen LogP contribution >= 0.6 is 34.8 Å². The second kappa shape index (κ2) is 7.96. The highest BCUT2D eigenvalue weighted by Crippen LogP contribution is 2.31. The summed E-state index contributed by atoms with van der Waals surface area (Å²) in [6.45, 7) is 2.30. The molecule has 0 bridgehead atoms. The third-order valence-corrected chi connectivity index (χ3v) is 5.57. The number of halogens is 3. The summed E-state index contributed by atoms with van der Waals surface area (Å²) < 4.78 is 1.99. The predicted molar refractivity (Wildman–Crippen MR) is 124 cm³/mol. The Kier molecular flexibility index (Phi) is 5.14. The van der Waals surface area contributed by atoms with Gasteiger partial charge in [-0.05, 0) is 42.8 Å². The molecule has 6 nitrogen and oxygen atoms in total. The second-order valence-electron chi connectivity index (χ2n) is 7.03. The Labute approximate surface area is 193 Å². The first kappa shape index (κ1) is 20.0. The number of rotatable bonds is 3. The lowest BCUT2D eigenvalue weighted by atomic mass is 10.0. The molecule has 3 heterocycles. The van der Waals surface area contributed by atoms with Crippen LogP contribution in [-0.2, 0) is 6.54 Å². The monoisotopic (exact) mass is 468 g/mol. The minimum Gasteiger partial charge on any atom is -0.263 e. The molecule has 9 heteroatoms. The van der Waals surface area contributed by atoms with Gasteiger partial charge in [-0.2, -0.15) is 5.10 Å². The van der Waals surface area contributed by atoms with Gasteiger partial charge in [-0.1, -0.05) is 65.1 Å². The van der Waals surface area contributed by atoms with Gasteiger partial charge in [-0.15, -0.1) is 10.2 Å². The summed E-state index contributed by atoms with van der Waals surface area (Å²) in [5, 5.41) is 16.8. The molecule has 0 aliphatic carbocycles. The molecule has 0 spiro atoms. The van der Waals surface area contributed by atoms with Crippen molar-refractivity contribution in [2.75, 3.05) is 5.01 Å². The number of pyridine rings is 1. The van der Waals surface area contributed by atoms with Crippen LogP contribution in [0.3, 0.4) is 0 Å². The first-order chi connectivity index (χ1) is 15.0. The molecule has 0 atom stereocenters. The van der Waals surface area contributed by atoms with Crippen LogP contribution in [0.2, 0.25) is 15.3 Å². The van der Waals surface area contributed by atoms with Crippen molar-refractivity contribution in [1.29, 1.82) is 0 Å². The van der Waals surface area contributed by atoms with E-state index in [-0.39, 0.29) is 0 Å². The molecule has 1 aliphatic heterocycles. The highest BCUT2D eigenvalue weighted by atomic mass is 35.5. The summed E-state index contributed by atoms with van der Waals surface area (Å²) in [5.74, 6) is 1.35. The predicted octanol–water partition coefficient (Wildman–Crippen LogP) is 5.70. The molecule has 0 saturated carbocycles. The number of hydrogen-bond donors (Lipinski definition) is 0. The standard InChI is InChI=1S/C22H15Cl3N6/c1-13-27-28-22-30(12-14-10-19(24)26-20(25)11-14)29-21(15-6-8-16(23)9-7-15)17-4-2-3-5-18(17)31(13)22/h2-11H,12H2,1H3. The van der Waals surface area contributed by atoms with Crippen LogP contribution in [0.15, 0.2) is 65.8 Å². The van der Waals surface area contributed by atoms with Gasteiger partial charge in [0, 0.05) is 16.1 Å². The Bertz CT molecular complexity index is 1290. The van der Waals surface area contributed by atoms with Crippen LogP contribution in [0.5, 0.6) is 0 Å². The average Bonchev–Trinajstić information content (AvgIpc) is 3.06. The van der Waals surface area contributed by atoms with E-state index in [0.717, 1.165) is 33.9 Å². The van der Waals surface area contributed by atoms with Crippen molar-refractivity contribution in [1.82, 2.24) is 19.7 Å². The Morgan fingerprint density at radius 2 is 1.58 bits per heavy atom. The van der Waals surface area contributed by atoms with Gasteiger partial charge in [0.1, 0.15) is 21.8 Å². The lowest BCUT2D eigenvalue weighted by Crippen LogP contribution is -2.20. The van der Waals surface area contributed by atoms with Gasteiger partial charge < -0.3 is 0 Å². The maximum atomic E-state index is 6.12. The van der Waals surface area contributed by atoms with Gasteiger partial charge >= 0.3 is 0 Å². The van der Waals surface area contributed by atoms with Crippen molar-refractivity contribution in [2.45, 2.75) is 13.5 Å². The summed E-state index contributed by atoms with van der Waals surface area (Å²) in [6, 6.07) is 19.2. The van der Waals surface area contributed by atoms with Crippen LogP contribution in [0, 0.1) is 6.92 Å². The number of aromatic nitrogens is 4. The topological polar surface area (TPSA) is 59.2 Å². The van der Waals surface area contributed by atoms with Gasteiger partial charge in [0.2, 0.25) is 0 Å². The largest absolute Gasteiger partial charge is 0.263 e. The molecule has 0 saturated heterocycles. The summed E-state index contributed by atoms with van der Waals surface area (Å²) in [5.41, 5.74) is 4.49. The summed E-state index contributed by atoms with van der Waals surface area (Å²) >= 11 is 18.4. The third kappa shape index (κ3) is 3.78. The quantitative estimate of drug-likeness (QED) is 0.361. The molecule has 1 aliphatic rings. The molecule has 154 valence electrons. The van der Waals surface area contributed by atoms with Crippen molar-refractivity contribution >= 4 is 46.5 Å². The number of benzene rings is 2. The molecule has 0 amide bonds. The lowest BCUT2D eigenvalue weighted by molar-refractivity contribution is 0.795. The fourth-order valence-corrected chi connectivity index (χ4v) is 4.23. The minimum atomic E-state index is 0.320. The number of aryl methyl sites for hydroxylation is 1. The second-order valence-corrected chi connectivity index (χ2v) is 8.24. The average molecular weight is 470 g/mol. The summed E-state index contributed by atoms with van der Waals surface area (Å²) in [6.07, 6.45) is 0. The van der Waals surface area contributed by atoms with Crippen molar-refractivity contribution in [3.05, 3.63) is 98.5 Å². The number of nitrogens with zero attached hydrogens (tertiary/aromatic N) is 6. The molecular formula is C22H15Cl3N6. The maximum Gasteiger partial charge on any atom is 0.252 e. The molecule has 4 aromatic rings. The molecule has 0 unspecified atom stereocenters. The molecule has 2 aromatic carbocycles. The SMILES string of the molecule is Cc1nnc2n1-c1ccccc1C(c1ccc(Cl)cc1)=NN2Cc1cc(Cl)nc(Cl)c1. The first-order valence-corrected chi connectivity index (χ1v) is 10.6. The van der Waals surface area contributed by atoms with Crippen molar-refractivity contribution in [2.24, 2.45) is 5.10 Å². The minimum absolute atomic E-state index is 0.320. The molecule has 31 heavy (non-hydrogen) atoms. The molecule has 0 radical (unpaired) electrons. The van der Waals surface area contributed by atoms with Crippen LogP contribution in [-0.4, -0.2) is 25.5 Å². The highest BCUT2D eigenvalue weighted by molar-refractivity contribution is 6.32. The highest BCUT2D eigenvalue weighted by Gasteiger charge is 2.26. The van der Waals surface area contributed by atoms with Crippen molar-refractivity contribution in [3.63, 3.8) is 0 Å². The van der Waals surface area contributed by atoms with Crippen LogP contribution in [0.25, 0.3) is 5.69 Å². The molecule has 2 aromatic heterocycles. The number of anilines is 1. The number of hydrazone groups is 1. The Morgan fingerprint density at radius 1 is 0.871 bits per heavy atom. The van der Waals surface area contributed by atoms with Crippen molar-refractivity contribution < 1.29 is 0 Å². The maximum absolute atomic E-state index is 6.12. The van der Waals surface area contributed by atoms with E-state index in [4.69, 9.17) is 39.9 Å². The Hall–Kier alpha value is -2.93. The first-order valence-electron chi connectivity index (χ1n) is 9.45. The molecular weight excluding hydrogens is 455 g/mol. The van der Waals surface area contributed by atoms with E-state index in [2.05, 4.69) is 15.2 Å². The zero-order valence-corrected chi connectivity index (χ0v) is 18.6. The summed E-state index contributed by atoms with van der Waals surface area (Å²) in [4.78, 5) is 4.03. The fourth-order valence-electron chi connectivity index (χ4n) is 3.59. The van der Waals surface area contributed by atoms with Crippen LogP contribution in [0.1, 0.15) is 22.5 Å². The Balaban J connectivity index is 1.72. The number of fused-ring (bicyclic) bond motifs is 3. The van der Waals surface area contributed by atoms with E-state index in [1.165, 1.54) is 0 Å². The van der Waals surface area contributed by atoms with Gasteiger partial charge in [0.25, 0.3) is 5.95 Å². The van der Waals surface area contributed by atoms with Gasteiger partial charge in [-0.3, -0.25) is 4.57 Å². The normalized spacial score (nSPS) is 12.8. The van der Waals surface area contributed by atoms with E-state index in [0.29, 0.717) is 27.8 Å². The zero-order valence-electron chi connectivity index (χ0n) is 16.3. The molecule has 0 fully saturated rings. The number of para-hydroxylation sites is 1. The van der Waals surface area contributed by atoms with Crippen LogP contribution < -0.4 is 5.01 Å². The van der Waals surface area contributed by atoms with E-state index < -0.39 is 0 Å². The molecule has 0 N–H and O–H groups in total.